The van der Waals surface area contributed by atoms with Crippen molar-refractivity contribution in [1.82, 2.24) is 4.98 Å². The van der Waals surface area contributed by atoms with Gasteiger partial charge in [0.1, 0.15) is 0 Å². The molecule has 1 amide bonds. The minimum absolute atomic E-state index is 0.113. The molecule has 1 N–H and O–H groups in total. The predicted molar refractivity (Wildman–Crippen MR) is 109 cm³/mol. The van der Waals surface area contributed by atoms with Gasteiger partial charge in [-0.25, -0.2) is 4.98 Å². The number of aromatic nitrogens is 1. The molecule has 3 rings (SSSR count). The van der Waals surface area contributed by atoms with Crippen LogP contribution in [0.4, 0.5) is 5.13 Å². The Morgan fingerprint density at radius 2 is 1.81 bits per heavy atom. The summed E-state index contributed by atoms with van der Waals surface area (Å²) in [7, 11) is 1.58. The van der Waals surface area contributed by atoms with Crippen LogP contribution >= 0.6 is 11.3 Å². The molecule has 140 valence electrons. The molecule has 1 aromatic heterocycles. The van der Waals surface area contributed by atoms with Crippen molar-refractivity contribution < 1.29 is 14.3 Å². The Balaban J connectivity index is 1.64. The largest absolute Gasteiger partial charge is 0.493 e. The van der Waals surface area contributed by atoms with Gasteiger partial charge >= 0.3 is 0 Å². The second-order valence-electron chi connectivity index (χ2n) is 6.35. The van der Waals surface area contributed by atoms with Crippen LogP contribution in [0.2, 0.25) is 0 Å². The smallest absolute Gasteiger partial charge is 0.264 e. The molecule has 27 heavy (non-hydrogen) atoms. The van der Waals surface area contributed by atoms with Gasteiger partial charge < -0.3 is 9.47 Å². The van der Waals surface area contributed by atoms with Crippen LogP contribution in [0.1, 0.15) is 16.7 Å². The Morgan fingerprint density at radius 3 is 2.59 bits per heavy atom. The highest BCUT2D eigenvalue weighted by Crippen LogP contribution is 2.29. The summed E-state index contributed by atoms with van der Waals surface area (Å²) in [5, 5.41) is 5.28. The molecule has 0 radical (unpaired) electrons. The number of carbonyl (C=O) groups is 1. The van der Waals surface area contributed by atoms with Crippen LogP contribution in [0.3, 0.4) is 0 Å². The lowest BCUT2D eigenvalue weighted by atomic mass is 10.0. The van der Waals surface area contributed by atoms with Gasteiger partial charge in [-0.2, -0.15) is 0 Å². The molecule has 0 fully saturated rings. The topological polar surface area (TPSA) is 60.5 Å². The zero-order valence-corrected chi connectivity index (χ0v) is 16.6. The van der Waals surface area contributed by atoms with Gasteiger partial charge in [-0.05, 0) is 50.1 Å². The van der Waals surface area contributed by atoms with Gasteiger partial charge in [0, 0.05) is 10.9 Å². The fourth-order valence-electron chi connectivity index (χ4n) is 2.66. The number of hydrogen-bond acceptors (Lipinski definition) is 5. The standard InChI is InChI=1S/C21H22N2O3S/c1-13-5-7-15(3)16(9-13)17-12-27-21(22-17)23-20(24)11-26-18-8-6-14(2)10-19(18)25-4/h5-10,12H,11H2,1-4H3,(H,22,23,24). The number of ether oxygens (including phenoxy) is 2. The minimum atomic E-state index is -0.264. The molecule has 0 atom stereocenters. The van der Waals surface area contributed by atoms with Crippen molar-refractivity contribution in [3.8, 4) is 22.8 Å². The molecule has 0 saturated heterocycles. The monoisotopic (exact) mass is 382 g/mol. The van der Waals surface area contributed by atoms with E-state index >= 15 is 0 Å². The summed E-state index contributed by atoms with van der Waals surface area (Å²) in [6, 6.07) is 11.8. The average Bonchev–Trinajstić information content (AvgIpc) is 3.10. The van der Waals surface area contributed by atoms with Crippen LogP contribution < -0.4 is 14.8 Å². The third kappa shape index (κ3) is 4.65. The normalized spacial score (nSPS) is 10.5. The second kappa shape index (κ2) is 8.22. The lowest BCUT2D eigenvalue weighted by Crippen LogP contribution is -2.20. The van der Waals surface area contributed by atoms with E-state index in [0.717, 1.165) is 22.4 Å². The number of nitrogens with one attached hydrogen (secondary N) is 1. The van der Waals surface area contributed by atoms with Gasteiger partial charge in [-0.1, -0.05) is 23.8 Å². The summed E-state index contributed by atoms with van der Waals surface area (Å²) < 4.78 is 10.9. The van der Waals surface area contributed by atoms with Gasteiger partial charge in [0.25, 0.3) is 5.91 Å². The number of methoxy groups -OCH3 is 1. The highest BCUT2D eigenvalue weighted by atomic mass is 32.1. The maximum atomic E-state index is 12.2. The third-order valence-corrected chi connectivity index (χ3v) is 4.86. The van der Waals surface area contributed by atoms with E-state index in [1.54, 1.807) is 13.2 Å². The van der Waals surface area contributed by atoms with Crippen molar-refractivity contribution in [3.05, 3.63) is 58.5 Å². The molecule has 0 saturated carbocycles. The SMILES string of the molecule is COc1cc(C)ccc1OCC(=O)Nc1nc(-c2cc(C)ccc2C)cs1. The summed E-state index contributed by atoms with van der Waals surface area (Å²) >= 11 is 1.40. The van der Waals surface area contributed by atoms with E-state index in [0.29, 0.717) is 16.6 Å². The maximum absolute atomic E-state index is 12.2. The number of nitrogens with zero attached hydrogens (tertiary/aromatic N) is 1. The first-order chi connectivity index (χ1) is 13.0. The zero-order chi connectivity index (χ0) is 19.4. The van der Waals surface area contributed by atoms with E-state index in [1.807, 2.05) is 24.4 Å². The Morgan fingerprint density at radius 1 is 1.07 bits per heavy atom. The number of amides is 1. The van der Waals surface area contributed by atoms with E-state index in [4.69, 9.17) is 9.47 Å². The molecule has 3 aromatic rings. The van der Waals surface area contributed by atoms with Crippen molar-refractivity contribution in [2.75, 3.05) is 19.0 Å². The van der Waals surface area contributed by atoms with E-state index in [2.05, 4.69) is 42.3 Å². The molecule has 0 spiro atoms. The van der Waals surface area contributed by atoms with Crippen molar-refractivity contribution in [2.45, 2.75) is 20.8 Å². The highest BCUT2D eigenvalue weighted by molar-refractivity contribution is 7.14. The van der Waals surface area contributed by atoms with Crippen LogP contribution in [0, 0.1) is 20.8 Å². The van der Waals surface area contributed by atoms with E-state index in [1.165, 1.54) is 16.9 Å². The van der Waals surface area contributed by atoms with Crippen LogP contribution in [0.15, 0.2) is 41.8 Å². The first kappa shape index (κ1) is 18.9. The average molecular weight is 382 g/mol. The van der Waals surface area contributed by atoms with Crippen molar-refractivity contribution >= 4 is 22.4 Å². The minimum Gasteiger partial charge on any atom is -0.493 e. The van der Waals surface area contributed by atoms with Gasteiger partial charge in [0.2, 0.25) is 0 Å². The number of aryl methyl sites for hydroxylation is 3. The summed E-state index contributed by atoms with van der Waals surface area (Å²) in [5.41, 5.74) is 5.32. The number of anilines is 1. The van der Waals surface area contributed by atoms with E-state index in [-0.39, 0.29) is 12.5 Å². The Bertz CT molecular complexity index is 966. The predicted octanol–water partition coefficient (Wildman–Crippen LogP) is 4.76. The first-order valence-corrected chi connectivity index (χ1v) is 9.44. The third-order valence-electron chi connectivity index (χ3n) is 4.10. The molecule has 1 heterocycles. The molecule has 0 aliphatic heterocycles. The molecule has 0 unspecified atom stereocenters. The van der Waals surface area contributed by atoms with E-state index < -0.39 is 0 Å². The second-order valence-corrected chi connectivity index (χ2v) is 7.21. The molecule has 0 bridgehead atoms. The fourth-order valence-corrected chi connectivity index (χ4v) is 3.39. The quantitative estimate of drug-likeness (QED) is 0.668. The first-order valence-electron chi connectivity index (χ1n) is 8.56. The molecule has 0 aliphatic carbocycles. The summed E-state index contributed by atoms with van der Waals surface area (Å²) in [6.45, 7) is 5.96. The van der Waals surface area contributed by atoms with Gasteiger partial charge in [-0.3, -0.25) is 10.1 Å². The van der Waals surface area contributed by atoms with Crippen LogP contribution in [0.5, 0.6) is 11.5 Å². The fraction of sp³-hybridized carbons (Fsp3) is 0.238. The molecule has 6 heteroatoms. The number of thiazole rings is 1. The number of rotatable bonds is 6. The zero-order valence-electron chi connectivity index (χ0n) is 15.8. The summed E-state index contributed by atoms with van der Waals surface area (Å²) in [5.74, 6) is 0.877. The van der Waals surface area contributed by atoms with Gasteiger partial charge in [0.05, 0.1) is 12.8 Å². The maximum Gasteiger partial charge on any atom is 0.264 e. The van der Waals surface area contributed by atoms with Crippen LogP contribution in [-0.2, 0) is 4.79 Å². The Hall–Kier alpha value is -2.86. The summed E-state index contributed by atoms with van der Waals surface area (Å²) in [6.07, 6.45) is 0. The highest BCUT2D eigenvalue weighted by Gasteiger charge is 2.12. The number of carbonyl (C=O) groups excluding carboxylic acids is 1. The molecule has 0 aliphatic rings. The van der Waals surface area contributed by atoms with Crippen molar-refractivity contribution in [2.24, 2.45) is 0 Å². The summed E-state index contributed by atoms with van der Waals surface area (Å²) in [4.78, 5) is 16.7. The Labute approximate surface area is 163 Å². The Kier molecular flexibility index (Phi) is 5.76. The van der Waals surface area contributed by atoms with Gasteiger partial charge in [-0.15, -0.1) is 11.3 Å². The molecule has 2 aromatic carbocycles. The van der Waals surface area contributed by atoms with Crippen LogP contribution in [-0.4, -0.2) is 24.6 Å². The number of benzene rings is 2. The van der Waals surface area contributed by atoms with E-state index in [9.17, 15) is 4.79 Å². The molecule has 5 nitrogen and oxygen atoms in total. The van der Waals surface area contributed by atoms with Crippen LogP contribution in [0.25, 0.3) is 11.3 Å². The van der Waals surface area contributed by atoms with Crippen molar-refractivity contribution in [3.63, 3.8) is 0 Å². The molecular formula is C21H22N2O3S. The lowest BCUT2D eigenvalue weighted by molar-refractivity contribution is -0.118. The lowest BCUT2D eigenvalue weighted by Gasteiger charge is -2.10. The molecular weight excluding hydrogens is 360 g/mol. The number of hydrogen-bond donors (Lipinski definition) is 1. The van der Waals surface area contributed by atoms with Crippen molar-refractivity contribution in [1.29, 1.82) is 0 Å². The van der Waals surface area contributed by atoms with Gasteiger partial charge in [0.15, 0.2) is 23.2 Å².